The monoisotopic (exact) mass is 782 g/mol. The SMILES string of the molecule is C=CC(=O)OCCNC(=O)OC(COCCCC)COC1CCC(C(C)(C)C2CCC(OCC(COCCCC)OC(=O)NCCOC(=O)C=C)CC2)CC1. The predicted molar refractivity (Wildman–Crippen MR) is 207 cm³/mol. The van der Waals surface area contributed by atoms with Crippen LogP contribution in [-0.2, 0) is 47.5 Å². The van der Waals surface area contributed by atoms with E-state index in [9.17, 15) is 19.2 Å². The van der Waals surface area contributed by atoms with E-state index < -0.39 is 36.3 Å². The van der Waals surface area contributed by atoms with Crippen LogP contribution in [0.25, 0.3) is 0 Å². The third-order valence-electron chi connectivity index (χ3n) is 10.5. The minimum atomic E-state index is -0.609. The van der Waals surface area contributed by atoms with Crippen LogP contribution in [0.1, 0.15) is 105 Å². The van der Waals surface area contributed by atoms with Gasteiger partial charge in [-0.25, -0.2) is 19.2 Å². The summed E-state index contributed by atoms with van der Waals surface area (Å²) in [5.74, 6) is 0.0628. The van der Waals surface area contributed by atoms with Crippen LogP contribution in [0.5, 0.6) is 0 Å². The molecule has 2 fully saturated rings. The molecule has 2 rings (SSSR count). The number of ether oxygens (including phenoxy) is 8. The Bertz CT molecular complexity index is 1030. The maximum Gasteiger partial charge on any atom is 0.407 e. The van der Waals surface area contributed by atoms with Gasteiger partial charge in [-0.2, -0.15) is 0 Å². The van der Waals surface area contributed by atoms with E-state index in [2.05, 4.69) is 51.5 Å². The number of nitrogens with one attached hydrogen (secondary N) is 2. The molecule has 14 heteroatoms. The first kappa shape index (κ1) is 48.0. The molecular formula is C41H70N2O12. The summed E-state index contributed by atoms with van der Waals surface area (Å²) in [5.41, 5.74) is 0.170. The fourth-order valence-corrected chi connectivity index (χ4v) is 7.04. The molecule has 0 aromatic carbocycles. The summed E-state index contributed by atoms with van der Waals surface area (Å²) >= 11 is 0. The second kappa shape index (κ2) is 28.2. The van der Waals surface area contributed by atoms with Crippen LogP contribution in [-0.4, -0.2) is 114 Å². The quantitative estimate of drug-likeness (QED) is 0.0387. The Morgan fingerprint density at radius 3 is 1.35 bits per heavy atom. The van der Waals surface area contributed by atoms with Gasteiger partial charge in [0.1, 0.15) is 13.2 Å². The van der Waals surface area contributed by atoms with Gasteiger partial charge < -0.3 is 48.5 Å². The van der Waals surface area contributed by atoms with E-state index >= 15 is 0 Å². The molecule has 55 heavy (non-hydrogen) atoms. The van der Waals surface area contributed by atoms with Crippen LogP contribution in [0.15, 0.2) is 25.3 Å². The Labute approximate surface area is 329 Å². The van der Waals surface area contributed by atoms with E-state index in [0.29, 0.717) is 25.0 Å². The van der Waals surface area contributed by atoms with Crippen molar-refractivity contribution >= 4 is 24.1 Å². The first-order valence-electron chi connectivity index (χ1n) is 20.4. The average Bonchev–Trinajstić information content (AvgIpc) is 3.19. The number of rotatable bonds is 28. The zero-order chi connectivity index (χ0) is 40.3. The largest absolute Gasteiger partial charge is 0.461 e. The van der Waals surface area contributed by atoms with Gasteiger partial charge in [0.05, 0.1) is 51.7 Å². The lowest BCUT2D eigenvalue weighted by molar-refractivity contribution is -0.138. The van der Waals surface area contributed by atoms with Crippen molar-refractivity contribution in [3.63, 3.8) is 0 Å². The van der Waals surface area contributed by atoms with Crippen LogP contribution in [0.2, 0.25) is 0 Å². The normalized spacial score (nSPS) is 21.0. The first-order valence-corrected chi connectivity index (χ1v) is 20.4. The Morgan fingerprint density at radius 1 is 0.618 bits per heavy atom. The second-order valence-corrected chi connectivity index (χ2v) is 14.9. The fourth-order valence-electron chi connectivity index (χ4n) is 7.04. The van der Waals surface area contributed by atoms with Crippen molar-refractivity contribution in [2.24, 2.45) is 17.3 Å². The molecule has 0 saturated heterocycles. The van der Waals surface area contributed by atoms with E-state index in [1.165, 1.54) is 0 Å². The summed E-state index contributed by atoms with van der Waals surface area (Å²) in [7, 11) is 0. The highest BCUT2D eigenvalue weighted by atomic mass is 16.6. The zero-order valence-corrected chi connectivity index (χ0v) is 34.0. The number of carbonyl (C=O) groups excluding carboxylic acids is 4. The van der Waals surface area contributed by atoms with Gasteiger partial charge in [-0.1, -0.05) is 53.7 Å². The van der Waals surface area contributed by atoms with Gasteiger partial charge in [-0.3, -0.25) is 0 Å². The van der Waals surface area contributed by atoms with E-state index in [-0.39, 0.29) is 70.4 Å². The molecule has 2 amide bonds. The van der Waals surface area contributed by atoms with Crippen molar-refractivity contribution in [3.8, 4) is 0 Å². The molecule has 316 valence electrons. The van der Waals surface area contributed by atoms with Crippen LogP contribution >= 0.6 is 0 Å². The lowest BCUT2D eigenvalue weighted by atomic mass is 9.60. The summed E-state index contributed by atoms with van der Waals surface area (Å²) < 4.78 is 45.1. The summed E-state index contributed by atoms with van der Waals surface area (Å²) in [6.07, 6.45) is 12.0. The molecule has 0 radical (unpaired) electrons. The van der Waals surface area contributed by atoms with Gasteiger partial charge in [0.25, 0.3) is 0 Å². The third kappa shape index (κ3) is 20.5. The van der Waals surface area contributed by atoms with Crippen molar-refractivity contribution in [3.05, 3.63) is 25.3 Å². The summed E-state index contributed by atoms with van der Waals surface area (Å²) in [6, 6.07) is 0. The topological polar surface area (TPSA) is 166 Å². The number of unbranched alkanes of at least 4 members (excludes halogenated alkanes) is 2. The molecule has 0 aromatic heterocycles. The number of carbonyl (C=O) groups is 4. The molecule has 2 N–H and O–H groups in total. The smallest absolute Gasteiger partial charge is 0.407 e. The van der Waals surface area contributed by atoms with Crippen molar-refractivity contribution in [2.75, 3.05) is 65.9 Å². The number of alkyl carbamates (subject to hydrolysis) is 2. The maximum absolute atomic E-state index is 12.4. The first-order chi connectivity index (χ1) is 26.5. The lowest BCUT2D eigenvalue weighted by Crippen LogP contribution is -2.40. The Hall–Kier alpha value is -3.20. The number of hydrogen-bond acceptors (Lipinski definition) is 12. The molecule has 2 saturated carbocycles. The summed E-state index contributed by atoms with van der Waals surface area (Å²) in [5, 5.41) is 5.20. The molecule has 2 unspecified atom stereocenters. The molecule has 0 aliphatic heterocycles. The van der Waals surface area contributed by atoms with Crippen molar-refractivity contribution in [1.82, 2.24) is 10.6 Å². The Morgan fingerprint density at radius 2 is 1.00 bits per heavy atom. The second-order valence-electron chi connectivity index (χ2n) is 14.9. The average molecular weight is 783 g/mol. The number of esters is 2. The van der Waals surface area contributed by atoms with E-state index in [1.807, 2.05) is 0 Å². The van der Waals surface area contributed by atoms with Gasteiger partial charge >= 0.3 is 24.1 Å². The molecule has 2 atom stereocenters. The zero-order valence-electron chi connectivity index (χ0n) is 34.0. The maximum atomic E-state index is 12.4. The van der Waals surface area contributed by atoms with E-state index in [0.717, 1.165) is 89.2 Å². The number of hydrogen-bond donors (Lipinski definition) is 2. The van der Waals surface area contributed by atoms with Crippen LogP contribution < -0.4 is 10.6 Å². The molecule has 2 aliphatic carbocycles. The molecule has 0 heterocycles. The minimum absolute atomic E-state index is 0.0242. The summed E-state index contributed by atoms with van der Waals surface area (Å²) in [6.45, 7) is 18.2. The predicted octanol–water partition coefficient (Wildman–Crippen LogP) is 6.44. The van der Waals surface area contributed by atoms with Gasteiger partial charge in [0.15, 0.2) is 12.2 Å². The third-order valence-corrected chi connectivity index (χ3v) is 10.5. The van der Waals surface area contributed by atoms with Crippen molar-refractivity contribution < 1.29 is 57.1 Å². The standard InChI is InChI=1S/C41H70N2O12/c1-7-11-23-48-27-35(54-39(46)42-21-25-50-37(44)9-3)29-52-33-17-13-31(14-18-33)41(5,6)32-15-19-34(20-16-32)53-30-36(28-49-24-12-8-2)55-40(47)43-22-26-51-38(45)10-4/h9-10,31-36H,3-4,7-8,11-30H2,1-2,5-6H3,(H,42,46)(H,43,47). The van der Waals surface area contributed by atoms with Crippen LogP contribution in [0.4, 0.5) is 9.59 Å². The van der Waals surface area contributed by atoms with Crippen LogP contribution in [0, 0.1) is 17.3 Å². The van der Waals surface area contributed by atoms with E-state index in [1.54, 1.807) is 0 Å². The van der Waals surface area contributed by atoms with Crippen molar-refractivity contribution in [1.29, 1.82) is 0 Å². The van der Waals surface area contributed by atoms with Gasteiger partial charge in [-0.05, 0) is 81.5 Å². The highest BCUT2D eigenvalue weighted by Crippen LogP contribution is 2.49. The number of amides is 2. The lowest BCUT2D eigenvalue weighted by Gasteiger charge is -2.46. The molecule has 14 nitrogen and oxygen atoms in total. The van der Waals surface area contributed by atoms with Crippen molar-refractivity contribution in [2.45, 2.75) is 129 Å². The minimum Gasteiger partial charge on any atom is -0.461 e. The highest BCUT2D eigenvalue weighted by molar-refractivity contribution is 5.81. The molecular weight excluding hydrogens is 712 g/mol. The summed E-state index contributed by atoms with van der Waals surface area (Å²) in [4.78, 5) is 47.2. The molecule has 0 bridgehead atoms. The Kier molecular flexibility index (Phi) is 24.6. The van der Waals surface area contributed by atoms with Gasteiger partial charge in [0, 0.05) is 25.4 Å². The van der Waals surface area contributed by atoms with Gasteiger partial charge in [0.2, 0.25) is 0 Å². The van der Waals surface area contributed by atoms with Gasteiger partial charge in [-0.15, -0.1) is 0 Å². The van der Waals surface area contributed by atoms with Crippen LogP contribution in [0.3, 0.4) is 0 Å². The fraction of sp³-hybridized carbons (Fsp3) is 0.805. The molecule has 0 aromatic rings. The van der Waals surface area contributed by atoms with E-state index in [4.69, 9.17) is 37.9 Å². The highest BCUT2D eigenvalue weighted by Gasteiger charge is 2.41. The Balaban J connectivity index is 1.78. The molecule has 2 aliphatic rings. The molecule has 0 spiro atoms.